The predicted molar refractivity (Wildman–Crippen MR) is 131 cm³/mol. The van der Waals surface area contributed by atoms with E-state index in [1.165, 1.54) is 6.07 Å². The van der Waals surface area contributed by atoms with E-state index in [0.717, 1.165) is 0 Å². The zero-order valence-electron chi connectivity index (χ0n) is 21.6. The highest BCUT2D eigenvalue weighted by molar-refractivity contribution is 5.92. The van der Waals surface area contributed by atoms with Crippen molar-refractivity contribution in [1.82, 2.24) is 0 Å². The van der Waals surface area contributed by atoms with Gasteiger partial charge < -0.3 is 28.4 Å². The maximum absolute atomic E-state index is 12.8. The number of hydrogen-bond donors (Lipinski definition) is 0. The van der Waals surface area contributed by atoms with Gasteiger partial charge in [-0.25, -0.2) is 4.79 Å². The molecule has 0 radical (unpaired) electrons. The Morgan fingerprint density at radius 1 is 0.771 bits per heavy atom. The highest BCUT2D eigenvalue weighted by Gasteiger charge is 2.27. The number of hydrogen-bond acceptors (Lipinski definition) is 8. The quantitative estimate of drug-likeness (QED) is 0.199. The Hall–Kier alpha value is -3.10. The lowest BCUT2D eigenvalue weighted by molar-refractivity contribution is -0.144. The molecule has 0 bridgehead atoms. The molecule has 35 heavy (non-hydrogen) atoms. The van der Waals surface area contributed by atoms with E-state index < -0.39 is 24.0 Å². The van der Waals surface area contributed by atoms with Crippen molar-refractivity contribution < 1.29 is 38.0 Å². The minimum Gasteiger partial charge on any atom is -0.461 e. The van der Waals surface area contributed by atoms with Gasteiger partial charge in [0.15, 0.2) is 24.1 Å². The van der Waals surface area contributed by atoms with E-state index in [-0.39, 0.29) is 11.5 Å². The van der Waals surface area contributed by atoms with Crippen molar-refractivity contribution in [3.05, 3.63) is 48.0 Å². The number of carbonyl (C=O) groups is 2. The molecule has 2 rings (SSSR count). The van der Waals surface area contributed by atoms with Crippen LogP contribution >= 0.6 is 0 Å². The summed E-state index contributed by atoms with van der Waals surface area (Å²) in [6.45, 7) is 13.8. The largest absolute Gasteiger partial charge is 0.461 e. The number of carbonyl (C=O) groups excluding carboxylic acids is 2. The van der Waals surface area contributed by atoms with Crippen molar-refractivity contribution in [1.29, 1.82) is 0 Å². The van der Waals surface area contributed by atoms with Crippen LogP contribution in [-0.2, 0) is 14.3 Å². The fourth-order valence-corrected chi connectivity index (χ4v) is 2.85. The standard InChI is InChI=1S/C27H36O8/c1-8-27(6,7)26(29)35-22-14-12-21(13-15-22)34-25(28)20-11-16-23(32-18(4)30-9-2)24(17-20)33-19(5)31-10-3/h11-19H,8-10H2,1-7H3. The van der Waals surface area contributed by atoms with Crippen molar-refractivity contribution in [2.75, 3.05) is 13.2 Å². The second kappa shape index (κ2) is 13.1. The summed E-state index contributed by atoms with van der Waals surface area (Å²) in [5, 5.41) is 0. The first kappa shape index (κ1) is 28.1. The van der Waals surface area contributed by atoms with Gasteiger partial charge in [-0.15, -0.1) is 0 Å². The molecule has 2 atom stereocenters. The van der Waals surface area contributed by atoms with Crippen LogP contribution in [-0.4, -0.2) is 37.7 Å². The van der Waals surface area contributed by atoms with Gasteiger partial charge in [-0.2, -0.15) is 0 Å². The Labute approximate surface area is 207 Å². The molecule has 2 aromatic rings. The van der Waals surface area contributed by atoms with Gasteiger partial charge in [0.05, 0.1) is 11.0 Å². The van der Waals surface area contributed by atoms with E-state index in [1.807, 2.05) is 34.6 Å². The Balaban J connectivity index is 2.14. The lowest BCUT2D eigenvalue weighted by atomic mass is 9.91. The molecular weight excluding hydrogens is 452 g/mol. The first-order chi connectivity index (χ1) is 16.6. The molecule has 0 aliphatic heterocycles. The molecule has 192 valence electrons. The molecule has 0 aliphatic carbocycles. The van der Waals surface area contributed by atoms with E-state index >= 15 is 0 Å². The van der Waals surface area contributed by atoms with Crippen LogP contribution in [0.3, 0.4) is 0 Å². The van der Waals surface area contributed by atoms with Crippen LogP contribution in [0.25, 0.3) is 0 Å². The maximum Gasteiger partial charge on any atom is 0.343 e. The Morgan fingerprint density at radius 2 is 1.29 bits per heavy atom. The topological polar surface area (TPSA) is 89.5 Å². The second-order valence-corrected chi connectivity index (χ2v) is 8.43. The van der Waals surface area contributed by atoms with Crippen LogP contribution in [0.5, 0.6) is 23.0 Å². The highest BCUT2D eigenvalue weighted by atomic mass is 16.7. The fourth-order valence-electron chi connectivity index (χ4n) is 2.85. The van der Waals surface area contributed by atoms with Gasteiger partial charge in [0.25, 0.3) is 0 Å². The van der Waals surface area contributed by atoms with Crippen LogP contribution in [0.2, 0.25) is 0 Å². The molecule has 0 saturated heterocycles. The molecule has 8 nitrogen and oxygen atoms in total. The van der Waals surface area contributed by atoms with Crippen molar-refractivity contribution >= 4 is 11.9 Å². The molecule has 0 amide bonds. The van der Waals surface area contributed by atoms with Gasteiger partial charge in [0.1, 0.15) is 11.5 Å². The Morgan fingerprint density at radius 3 is 1.80 bits per heavy atom. The molecule has 0 saturated carbocycles. The van der Waals surface area contributed by atoms with Crippen molar-refractivity contribution in [2.45, 2.75) is 67.5 Å². The highest BCUT2D eigenvalue weighted by Crippen LogP contribution is 2.31. The summed E-state index contributed by atoms with van der Waals surface area (Å²) in [6.07, 6.45) is -0.396. The summed E-state index contributed by atoms with van der Waals surface area (Å²) in [5.74, 6) is 0.518. The summed E-state index contributed by atoms with van der Waals surface area (Å²) in [5.41, 5.74) is -0.318. The molecule has 0 heterocycles. The van der Waals surface area contributed by atoms with Crippen molar-refractivity contribution in [3.63, 3.8) is 0 Å². The average Bonchev–Trinajstić information content (AvgIpc) is 2.81. The predicted octanol–water partition coefficient (Wildman–Crippen LogP) is 5.77. The molecule has 0 spiro atoms. The summed E-state index contributed by atoms with van der Waals surface area (Å²) in [7, 11) is 0. The number of rotatable bonds is 13. The van der Waals surface area contributed by atoms with Gasteiger partial charge in [0, 0.05) is 13.2 Å². The SMILES string of the molecule is CCOC(C)Oc1ccc(C(=O)Oc2ccc(OC(=O)C(C)(C)CC)cc2)cc1OC(C)OCC. The van der Waals surface area contributed by atoms with Gasteiger partial charge in [-0.1, -0.05) is 6.92 Å². The lowest BCUT2D eigenvalue weighted by Gasteiger charge is -2.20. The molecule has 2 unspecified atom stereocenters. The zero-order valence-corrected chi connectivity index (χ0v) is 21.6. The van der Waals surface area contributed by atoms with Gasteiger partial charge >= 0.3 is 11.9 Å². The third kappa shape index (κ3) is 8.56. The Kier molecular flexibility index (Phi) is 10.5. The van der Waals surface area contributed by atoms with Crippen molar-refractivity contribution in [3.8, 4) is 23.0 Å². The van der Waals surface area contributed by atoms with Crippen LogP contribution in [0.4, 0.5) is 0 Å². The third-order valence-corrected chi connectivity index (χ3v) is 5.25. The molecule has 2 aromatic carbocycles. The fraction of sp³-hybridized carbons (Fsp3) is 0.481. The molecular formula is C27H36O8. The van der Waals surface area contributed by atoms with E-state index in [9.17, 15) is 9.59 Å². The van der Waals surface area contributed by atoms with Crippen LogP contribution in [0.15, 0.2) is 42.5 Å². The normalized spacial score (nSPS) is 13.0. The minimum atomic E-state index is -0.583. The zero-order chi connectivity index (χ0) is 26.0. The molecule has 0 aromatic heterocycles. The van der Waals surface area contributed by atoms with Gasteiger partial charge in [0.2, 0.25) is 0 Å². The third-order valence-electron chi connectivity index (χ3n) is 5.25. The first-order valence-corrected chi connectivity index (χ1v) is 11.8. The van der Waals surface area contributed by atoms with E-state index in [4.69, 9.17) is 28.4 Å². The number of benzene rings is 2. The monoisotopic (exact) mass is 488 g/mol. The van der Waals surface area contributed by atoms with Crippen LogP contribution in [0.1, 0.15) is 65.2 Å². The van der Waals surface area contributed by atoms with Crippen molar-refractivity contribution in [2.24, 2.45) is 5.41 Å². The van der Waals surface area contributed by atoms with E-state index in [0.29, 0.717) is 42.6 Å². The Bertz CT molecular complexity index is 968. The number of ether oxygens (including phenoxy) is 6. The first-order valence-electron chi connectivity index (χ1n) is 11.8. The molecule has 0 N–H and O–H groups in total. The summed E-state index contributed by atoms with van der Waals surface area (Å²) in [6, 6.07) is 11.0. The maximum atomic E-state index is 12.8. The second-order valence-electron chi connectivity index (χ2n) is 8.43. The van der Waals surface area contributed by atoms with Gasteiger partial charge in [-0.05, 0) is 90.4 Å². The summed E-state index contributed by atoms with van der Waals surface area (Å²) >= 11 is 0. The van der Waals surface area contributed by atoms with E-state index in [2.05, 4.69) is 0 Å². The molecule has 8 heteroatoms. The molecule has 0 aliphatic rings. The van der Waals surface area contributed by atoms with Gasteiger partial charge in [-0.3, -0.25) is 4.79 Å². The smallest absolute Gasteiger partial charge is 0.343 e. The average molecular weight is 489 g/mol. The van der Waals surface area contributed by atoms with Crippen LogP contribution in [0, 0.1) is 5.41 Å². The summed E-state index contributed by atoms with van der Waals surface area (Å²) in [4.78, 5) is 25.0. The van der Waals surface area contributed by atoms with E-state index in [1.54, 1.807) is 50.2 Å². The molecule has 0 fully saturated rings. The minimum absolute atomic E-state index is 0.264. The lowest BCUT2D eigenvalue weighted by Crippen LogP contribution is -2.28. The number of esters is 2. The summed E-state index contributed by atoms with van der Waals surface area (Å²) < 4.78 is 33.4. The van der Waals surface area contributed by atoms with Crippen LogP contribution < -0.4 is 18.9 Å².